The van der Waals surface area contributed by atoms with E-state index in [0.29, 0.717) is 5.56 Å². The topological polar surface area (TPSA) is 55.1 Å². The molecule has 0 aliphatic carbocycles. The maximum Gasteiger partial charge on any atom is 0.255 e. The Labute approximate surface area is 92.6 Å². The molecule has 0 saturated carbocycles. The lowest BCUT2D eigenvalue weighted by atomic mass is 10.1. The standard InChI is InChI=1S/C11H14F2N2O/c1-7-2-4-8(5-3-7)10(14)11(16)15-6-9(12)13/h2-5,9-10H,6,14H2,1H3,(H,15,16). The first-order chi connectivity index (χ1) is 7.50. The van der Waals surface area contributed by atoms with Crippen molar-refractivity contribution in [2.75, 3.05) is 6.54 Å². The molecular weight excluding hydrogens is 214 g/mol. The first-order valence-corrected chi connectivity index (χ1v) is 4.88. The largest absolute Gasteiger partial charge is 0.349 e. The molecule has 3 N–H and O–H groups in total. The molecule has 0 fully saturated rings. The highest BCUT2D eigenvalue weighted by molar-refractivity contribution is 5.82. The number of aryl methyl sites for hydroxylation is 1. The summed E-state index contributed by atoms with van der Waals surface area (Å²) >= 11 is 0. The highest BCUT2D eigenvalue weighted by Gasteiger charge is 2.16. The fraction of sp³-hybridized carbons (Fsp3) is 0.364. The lowest BCUT2D eigenvalue weighted by Gasteiger charge is -2.12. The van der Waals surface area contributed by atoms with E-state index in [1.807, 2.05) is 19.1 Å². The lowest BCUT2D eigenvalue weighted by molar-refractivity contribution is -0.123. The molecule has 0 aliphatic heterocycles. The summed E-state index contributed by atoms with van der Waals surface area (Å²) in [5.74, 6) is -0.593. The third-order valence-corrected chi connectivity index (χ3v) is 2.15. The average Bonchev–Trinajstić information content (AvgIpc) is 2.26. The number of amides is 1. The van der Waals surface area contributed by atoms with Crippen molar-refractivity contribution in [1.82, 2.24) is 5.32 Å². The van der Waals surface area contributed by atoms with Crippen molar-refractivity contribution in [2.45, 2.75) is 19.4 Å². The Hall–Kier alpha value is -1.49. The number of nitrogens with one attached hydrogen (secondary N) is 1. The van der Waals surface area contributed by atoms with Crippen molar-refractivity contribution >= 4 is 5.91 Å². The van der Waals surface area contributed by atoms with Crippen LogP contribution in [0.5, 0.6) is 0 Å². The van der Waals surface area contributed by atoms with Crippen molar-refractivity contribution in [3.8, 4) is 0 Å². The highest BCUT2D eigenvalue weighted by atomic mass is 19.3. The van der Waals surface area contributed by atoms with E-state index >= 15 is 0 Å². The van der Waals surface area contributed by atoms with Crippen LogP contribution in [-0.2, 0) is 4.79 Å². The van der Waals surface area contributed by atoms with Gasteiger partial charge in [0.05, 0.1) is 6.54 Å². The minimum absolute atomic E-state index is 0.593. The van der Waals surface area contributed by atoms with E-state index in [0.717, 1.165) is 5.56 Å². The van der Waals surface area contributed by atoms with E-state index in [4.69, 9.17) is 5.73 Å². The zero-order valence-electron chi connectivity index (χ0n) is 8.91. The monoisotopic (exact) mass is 228 g/mol. The molecule has 1 aromatic rings. The molecule has 0 aromatic heterocycles. The maximum atomic E-state index is 11.9. The van der Waals surface area contributed by atoms with Crippen LogP contribution >= 0.6 is 0 Å². The molecule has 1 aromatic carbocycles. The smallest absolute Gasteiger partial charge is 0.255 e. The summed E-state index contributed by atoms with van der Waals surface area (Å²) < 4.78 is 23.7. The molecular formula is C11H14F2N2O. The van der Waals surface area contributed by atoms with Gasteiger partial charge >= 0.3 is 0 Å². The SMILES string of the molecule is Cc1ccc(C(N)C(=O)NCC(F)F)cc1. The number of carbonyl (C=O) groups excluding carboxylic acids is 1. The summed E-state index contributed by atoms with van der Waals surface area (Å²) in [6.45, 7) is 1.24. The number of hydrogen-bond donors (Lipinski definition) is 2. The molecule has 0 radical (unpaired) electrons. The molecule has 5 heteroatoms. The fourth-order valence-electron chi connectivity index (χ4n) is 1.21. The molecule has 3 nitrogen and oxygen atoms in total. The van der Waals surface area contributed by atoms with Crippen LogP contribution in [-0.4, -0.2) is 18.9 Å². The van der Waals surface area contributed by atoms with Gasteiger partial charge in [0.15, 0.2) is 0 Å². The zero-order chi connectivity index (χ0) is 12.1. The molecule has 88 valence electrons. The minimum atomic E-state index is -2.56. The third-order valence-electron chi connectivity index (χ3n) is 2.15. The van der Waals surface area contributed by atoms with Crippen molar-refractivity contribution in [3.05, 3.63) is 35.4 Å². The average molecular weight is 228 g/mol. The van der Waals surface area contributed by atoms with Crippen LogP contribution in [0.1, 0.15) is 17.2 Å². The quantitative estimate of drug-likeness (QED) is 0.817. The molecule has 0 aliphatic rings. The molecule has 0 heterocycles. The molecule has 0 spiro atoms. The van der Waals surface area contributed by atoms with Gasteiger partial charge in [-0.15, -0.1) is 0 Å². The number of nitrogens with two attached hydrogens (primary N) is 1. The van der Waals surface area contributed by atoms with Gasteiger partial charge in [0.1, 0.15) is 6.04 Å². The zero-order valence-corrected chi connectivity index (χ0v) is 8.91. The second kappa shape index (κ2) is 5.55. The van der Waals surface area contributed by atoms with Crippen LogP contribution in [0.4, 0.5) is 8.78 Å². The first kappa shape index (κ1) is 12.6. The van der Waals surface area contributed by atoms with Gasteiger partial charge < -0.3 is 11.1 Å². The number of halogens is 2. The second-order valence-corrected chi connectivity index (χ2v) is 3.52. The van der Waals surface area contributed by atoms with Gasteiger partial charge in [0.25, 0.3) is 6.43 Å². The number of carbonyl (C=O) groups is 1. The summed E-state index contributed by atoms with van der Waals surface area (Å²) in [6.07, 6.45) is -2.56. The lowest BCUT2D eigenvalue weighted by Crippen LogP contribution is -2.36. The molecule has 0 saturated heterocycles. The van der Waals surface area contributed by atoms with Crippen molar-refractivity contribution in [2.24, 2.45) is 5.73 Å². The Morgan fingerprint density at radius 1 is 1.38 bits per heavy atom. The van der Waals surface area contributed by atoms with E-state index in [2.05, 4.69) is 5.32 Å². The maximum absolute atomic E-state index is 11.9. The van der Waals surface area contributed by atoms with Crippen LogP contribution in [0.25, 0.3) is 0 Å². The van der Waals surface area contributed by atoms with Crippen LogP contribution < -0.4 is 11.1 Å². The summed E-state index contributed by atoms with van der Waals surface area (Å²) in [7, 11) is 0. The number of benzene rings is 1. The van der Waals surface area contributed by atoms with E-state index < -0.39 is 24.9 Å². The predicted molar refractivity (Wildman–Crippen MR) is 57.1 cm³/mol. The van der Waals surface area contributed by atoms with E-state index in [-0.39, 0.29) is 0 Å². The fourth-order valence-corrected chi connectivity index (χ4v) is 1.21. The Balaban J connectivity index is 2.59. The molecule has 1 amide bonds. The summed E-state index contributed by atoms with van der Waals surface area (Å²) in [5.41, 5.74) is 7.27. The van der Waals surface area contributed by atoms with E-state index in [9.17, 15) is 13.6 Å². The minimum Gasteiger partial charge on any atom is -0.349 e. The Morgan fingerprint density at radius 2 is 1.94 bits per heavy atom. The van der Waals surface area contributed by atoms with Gasteiger partial charge in [0, 0.05) is 0 Å². The van der Waals surface area contributed by atoms with Gasteiger partial charge in [0.2, 0.25) is 5.91 Å². The molecule has 16 heavy (non-hydrogen) atoms. The predicted octanol–water partition coefficient (Wildman–Crippen LogP) is 1.38. The molecule has 1 unspecified atom stereocenters. The second-order valence-electron chi connectivity index (χ2n) is 3.52. The number of alkyl halides is 2. The number of rotatable bonds is 4. The van der Waals surface area contributed by atoms with Gasteiger partial charge in [-0.2, -0.15) is 0 Å². The van der Waals surface area contributed by atoms with Crippen molar-refractivity contribution in [3.63, 3.8) is 0 Å². The summed E-state index contributed by atoms with van der Waals surface area (Å²) in [4.78, 5) is 11.4. The van der Waals surface area contributed by atoms with Gasteiger partial charge in [-0.05, 0) is 12.5 Å². The van der Waals surface area contributed by atoms with Crippen LogP contribution in [0.15, 0.2) is 24.3 Å². The van der Waals surface area contributed by atoms with E-state index in [1.165, 1.54) is 0 Å². The molecule has 1 rings (SSSR count). The van der Waals surface area contributed by atoms with E-state index in [1.54, 1.807) is 12.1 Å². The van der Waals surface area contributed by atoms with Gasteiger partial charge in [-0.3, -0.25) is 4.79 Å². The first-order valence-electron chi connectivity index (χ1n) is 4.88. The Morgan fingerprint density at radius 3 is 2.44 bits per heavy atom. The van der Waals surface area contributed by atoms with Crippen LogP contribution in [0.3, 0.4) is 0 Å². The molecule has 1 atom stereocenters. The van der Waals surface area contributed by atoms with Crippen molar-refractivity contribution < 1.29 is 13.6 Å². The summed E-state index contributed by atoms with van der Waals surface area (Å²) in [5, 5.41) is 2.08. The van der Waals surface area contributed by atoms with Gasteiger partial charge in [-0.1, -0.05) is 29.8 Å². The van der Waals surface area contributed by atoms with Crippen molar-refractivity contribution in [1.29, 1.82) is 0 Å². The normalized spacial score (nSPS) is 12.6. The third kappa shape index (κ3) is 3.58. The molecule has 0 bridgehead atoms. The highest BCUT2D eigenvalue weighted by Crippen LogP contribution is 2.11. The Kier molecular flexibility index (Phi) is 4.37. The van der Waals surface area contributed by atoms with Crippen LogP contribution in [0.2, 0.25) is 0 Å². The van der Waals surface area contributed by atoms with Crippen LogP contribution in [0, 0.1) is 6.92 Å². The number of hydrogen-bond acceptors (Lipinski definition) is 2. The van der Waals surface area contributed by atoms with Gasteiger partial charge in [-0.25, -0.2) is 8.78 Å². The Bertz CT molecular complexity index is 352. The summed E-state index contributed by atoms with van der Waals surface area (Å²) in [6, 6.07) is 6.15.